The van der Waals surface area contributed by atoms with Crippen molar-refractivity contribution in [1.82, 2.24) is 9.78 Å². The van der Waals surface area contributed by atoms with Gasteiger partial charge in [-0.1, -0.05) is 36.4 Å². The van der Waals surface area contributed by atoms with Crippen molar-refractivity contribution in [1.29, 1.82) is 0 Å². The van der Waals surface area contributed by atoms with Crippen LogP contribution in [0, 0.1) is 0 Å². The van der Waals surface area contributed by atoms with Crippen LogP contribution >= 0.6 is 0 Å². The maximum absolute atomic E-state index is 13.1. The molecule has 1 aromatic heterocycles. The van der Waals surface area contributed by atoms with Crippen molar-refractivity contribution < 1.29 is 23.8 Å². The molecule has 0 saturated carbocycles. The summed E-state index contributed by atoms with van der Waals surface area (Å²) < 4.78 is 17.0. The topological polar surface area (TPSA) is 109 Å². The molecule has 0 aliphatic rings. The molecular formula is C26H23N3O6. The molecule has 0 aliphatic heterocycles. The molecule has 4 rings (SSSR count). The number of anilines is 1. The Bertz CT molecular complexity index is 1430. The van der Waals surface area contributed by atoms with Crippen molar-refractivity contribution in [2.75, 3.05) is 19.5 Å². The lowest BCUT2D eigenvalue weighted by Crippen LogP contribution is -2.31. The Morgan fingerprint density at radius 3 is 2.11 bits per heavy atom. The van der Waals surface area contributed by atoms with E-state index in [-0.39, 0.29) is 11.3 Å². The molecule has 0 saturated heterocycles. The summed E-state index contributed by atoms with van der Waals surface area (Å²) in [5, 5.41) is 7.59. The highest BCUT2D eigenvalue weighted by Gasteiger charge is 2.24. The van der Waals surface area contributed by atoms with Crippen LogP contribution in [0.4, 0.5) is 5.69 Å². The van der Waals surface area contributed by atoms with Crippen LogP contribution in [0.25, 0.3) is 16.5 Å². The van der Waals surface area contributed by atoms with Gasteiger partial charge in [-0.2, -0.15) is 9.78 Å². The van der Waals surface area contributed by atoms with Gasteiger partial charge in [-0.05, 0) is 25.1 Å². The average molecular weight is 473 g/mol. The summed E-state index contributed by atoms with van der Waals surface area (Å²) in [5.74, 6) is -0.419. The molecule has 4 aromatic rings. The number of ether oxygens (including phenoxy) is 3. The number of para-hydroxylation sites is 1. The summed E-state index contributed by atoms with van der Waals surface area (Å²) >= 11 is 0. The Balaban J connectivity index is 1.62. The van der Waals surface area contributed by atoms with Gasteiger partial charge in [0.1, 0.15) is 11.5 Å². The molecule has 0 bridgehead atoms. The monoisotopic (exact) mass is 473 g/mol. The number of esters is 1. The van der Waals surface area contributed by atoms with Gasteiger partial charge in [0.05, 0.1) is 25.3 Å². The van der Waals surface area contributed by atoms with E-state index in [1.54, 1.807) is 66.7 Å². The number of rotatable bonds is 7. The van der Waals surface area contributed by atoms with E-state index in [4.69, 9.17) is 14.2 Å². The molecule has 1 N–H and O–H groups in total. The van der Waals surface area contributed by atoms with Crippen LogP contribution in [0.15, 0.2) is 77.6 Å². The van der Waals surface area contributed by atoms with Crippen LogP contribution in [0.1, 0.15) is 17.4 Å². The molecule has 9 nitrogen and oxygen atoms in total. The highest BCUT2D eigenvalue weighted by molar-refractivity contribution is 6.04. The van der Waals surface area contributed by atoms with E-state index >= 15 is 0 Å². The Morgan fingerprint density at radius 2 is 1.49 bits per heavy atom. The minimum Gasteiger partial charge on any atom is -0.497 e. The molecule has 3 aromatic carbocycles. The largest absolute Gasteiger partial charge is 0.497 e. The molecule has 35 heavy (non-hydrogen) atoms. The first-order valence-electron chi connectivity index (χ1n) is 10.7. The van der Waals surface area contributed by atoms with Gasteiger partial charge >= 0.3 is 5.97 Å². The lowest BCUT2D eigenvalue weighted by molar-refractivity contribution is -0.123. The number of carbonyl (C=O) groups is 2. The maximum atomic E-state index is 13.1. The van der Waals surface area contributed by atoms with Crippen LogP contribution in [-0.2, 0) is 9.53 Å². The summed E-state index contributed by atoms with van der Waals surface area (Å²) in [5.41, 5.74) is 0.457. The number of hydrogen-bond donors (Lipinski definition) is 1. The molecule has 0 radical (unpaired) electrons. The highest BCUT2D eigenvalue weighted by Crippen LogP contribution is 2.26. The summed E-state index contributed by atoms with van der Waals surface area (Å²) in [6, 6.07) is 20.2. The first kappa shape index (κ1) is 23.5. The number of methoxy groups -OCH3 is 2. The summed E-state index contributed by atoms with van der Waals surface area (Å²) in [6.07, 6.45) is -1.16. The van der Waals surface area contributed by atoms with Gasteiger partial charge in [0.15, 0.2) is 11.8 Å². The van der Waals surface area contributed by atoms with Crippen LogP contribution in [0.3, 0.4) is 0 Å². The first-order valence-corrected chi connectivity index (χ1v) is 10.7. The molecule has 9 heteroatoms. The Kier molecular flexibility index (Phi) is 6.77. The molecule has 1 atom stereocenters. The number of aromatic nitrogens is 2. The number of carbonyl (C=O) groups excluding carboxylic acids is 2. The predicted molar refractivity (Wildman–Crippen MR) is 130 cm³/mol. The fourth-order valence-corrected chi connectivity index (χ4v) is 3.48. The van der Waals surface area contributed by atoms with Gasteiger partial charge < -0.3 is 19.5 Å². The van der Waals surface area contributed by atoms with Crippen molar-refractivity contribution >= 4 is 28.3 Å². The zero-order chi connectivity index (χ0) is 24.9. The van der Waals surface area contributed by atoms with E-state index in [0.29, 0.717) is 33.6 Å². The van der Waals surface area contributed by atoms with E-state index in [9.17, 15) is 14.4 Å². The fraction of sp³-hybridized carbons (Fsp3) is 0.154. The second-order valence-electron chi connectivity index (χ2n) is 7.58. The third-order valence-electron chi connectivity index (χ3n) is 5.27. The number of benzene rings is 3. The third kappa shape index (κ3) is 4.98. The third-order valence-corrected chi connectivity index (χ3v) is 5.27. The maximum Gasteiger partial charge on any atom is 0.360 e. The minimum absolute atomic E-state index is 0.0771. The van der Waals surface area contributed by atoms with E-state index in [0.717, 1.165) is 4.68 Å². The Morgan fingerprint density at radius 1 is 0.886 bits per heavy atom. The van der Waals surface area contributed by atoms with Crippen molar-refractivity contribution in [3.05, 3.63) is 88.8 Å². The standard InChI is InChI=1S/C26H23N3O6/c1-16(24(30)27-17-13-19(33-2)15-20(14-17)34-3)35-26(32)23-21-11-7-8-12-22(21)25(31)29(28-23)18-9-5-4-6-10-18/h4-16H,1-3H3,(H,27,30). The summed E-state index contributed by atoms with van der Waals surface area (Å²) in [6.45, 7) is 1.44. The number of nitrogens with one attached hydrogen (secondary N) is 1. The highest BCUT2D eigenvalue weighted by atomic mass is 16.5. The number of nitrogens with zero attached hydrogens (tertiary/aromatic N) is 2. The molecule has 1 unspecified atom stereocenters. The minimum atomic E-state index is -1.16. The number of fused-ring (bicyclic) bond motifs is 1. The van der Waals surface area contributed by atoms with Gasteiger partial charge in [0.25, 0.3) is 11.5 Å². The van der Waals surface area contributed by atoms with Crippen molar-refractivity contribution in [2.45, 2.75) is 13.0 Å². The van der Waals surface area contributed by atoms with Crippen LogP contribution in [0.5, 0.6) is 11.5 Å². The number of hydrogen-bond acceptors (Lipinski definition) is 7. The molecule has 178 valence electrons. The lowest BCUT2D eigenvalue weighted by atomic mass is 10.1. The molecule has 1 heterocycles. The molecule has 0 fully saturated rings. The number of amides is 1. The van der Waals surface area contributed by atoms with Crippen LogP contribution < -0.4 is 20.3 Å². The average Bonchev–Trinajstić information content (AvgIpc) is 2.89. The van der Waals surface area contributed by atoms with E-state index in [2.05, 4.69) is 10.4 Å². The SMILES string of the molecule is COc1cc(NC(=O)C(C)OC(=O)c2nn(-c3ccccc3)c(=O)c3ccccc23)cc(OC)c1. The van der Waals surface area contributed by atoms with Gasteiger partial charge in [-0.25, -0.2) is 4.79 Å². The molecule has 0 aliphatic carbocycles. The smallest absolute Gasteiger partial charge is 0.360 e. The first-order chi connectivity index (χ1) is 16.9. The second kappa shape index (κ2) is 10.1. The van der Waals surface area contributed by atoms with Crippen LogP contribution in [-0.4, -0.2) is 42.0 Å². The molecule has 0 spiro atoms. The zero-order valence-electron chi connectivity index (χ0n) is 19.3. The Hall–Kier alpha value is -4.66. The van der Waals surface area contributed by atoms with Gasteiger partial charge in [-0.15, -0.1) is 0 Å². The van der Waals surface area contributed by atoms with Gasteiger partial charge in [0.2, 0.25) is 0 Å². The van der Waals surface area contributed by atoms with E-state index in [1.807, 2.05) is 6.07 Å². The molecular weight excluding hydrogens is 450 g/mol. The van der Waals surface area contributed by atoms with Crippen molar-refractivity contribution in [3.63, 3.8) is 0 Å². The van der Waals surface area contributed by atoms with E-state index < -0.39 is 18.0 Å². The van der Waals surface area contributed by atoms with Crippen molar-refractivity contribution in [3.8, 4) is 17.2 Å². The van der Waals surface area contributed by atoms with Gasteiger partial charge in [0, 0.05) is 29.3 Å². The van der Waals surface area contributed by atoms with Crippen LogP contribution in [0.2, 0.25) is 0 Å². The normalized spacial score (nSPS) is 11.5. The van der Waals surface area contributed by atoms with E-state index in [1.165, 1.54) is 21.1 Å². The quantitative estimate of drug-likeness (QED) is 0.409. The Labute approximate surface area is 200 Å². The zero-order valence-corrected chi connectivity index (χ0v) is 19.3. The van der Waals surface area contributed by atoms with Gasteiger partial charge in [-0.3, -0.25) is 9.59 Å². The molecule has 1 amide bonds. The van der Waals surface area contributed by atoms with Crippen molar-refractivity contribution in [2.24, 2.45) is 0 Å². The predicted octanol–water partition coefficient (Wildman–Crippen LogP) is 3.59. The fourth-order valence-electron chi connectivity index (χ4n) is 3.48. The summed E-state index contributed by atoms with van der Waals surface area (Å²) in [4.78, 5) is 38.8. The summed E-state index contributed by atoms with van der Waals surface area (Å²) in [7, 11) is 2.99. The second-order valence-corrected chi connectivity index (χ2v) is 7.58. The lowest BCUT2D eigenvalue weighted by Gasteiger charge is -2.16.